The lowest BCUT2D eigenvalue weighted by Crippen LogP contribution is -2.54. The fraction of sp³-hybridized carbons (Fsp3) is 0.438. The van der Waals surface area contributed by atoms with E-state index < -0.39 is 30.6 Å². The fourth-order valence-electron chi connectivity index (χ4n) is 2.65. The third-order valence-corrected chi connectivity index (χ3v) is 4.03. The number of hydrogen-bond donors (Lipinski definition) is 4. The first-order valence-electron chi connectivity index (χ1n) is 8.12. The minimum absolute atomic E-state index is 0.0263. The summed E-state index contributed by atoms with van der Waals surface area (Å²) in [6.07, 6.45) is -2.85. The van der Waals surface area contributed by atoms with Crippen molar-refractivity contribution in [2.24, 2.45) is 4.99 Å². The van der Waals surface area contributed by atoms with E-state index in [1.165, 1.54) is 4.90 Å². The number of benzene rings is 1. The number of nitrogens with one attached hydrogen (secondary N) is 2. The van der Waals surface area contributed by atoms with Gasteiger partial charge in [0.1, 0.15) is 18.9 Å². The molecule has 1 saturated heterocycles. The molecule has 140 valence electrons. The maximum atomic E-state index is 12.1. The molecule has 0 spiro atoms. The molecule has 0 saturated carbocycles. The third kappa shape index (κ3) is 4.28. The molecule has 10 nitrogen and oxygen atoms in total. The lowest BCUT2D eigenvalue weighted by molar-refractivity contribution is -0.0645. The molecule has 3 amide bonds. The highest BCUT2D eigenvalue weighted by Gasteiger charge is 2.39. The van der Waals surface area contributed by atoms with Gasteiger partial charge in [0.25, 0.3) is 0 Å². The molecular weight excluding hydrogens is 344 g/mol. The van der Waals surface area contributed by atoms with Crippen molar-refractivity contribution in [1.82, 2.24) is 15.5 Å². The van der Waals surface area contributed by atoms with Crippen LogP contribution >= 0.6 is 0 Å². The molecule has 10 heteroatoms. The summed E-state index contributed by atoms with van der Waals surface area (Å²) in [6, 6.07) is 8.54. The number of ether oxygens (including phenoxy) is 2. The number of aliphatic hydroxyl groups excluding tert-OH is 2. The number of carbonyl (C=O) groups excluding carboxylic acids is 2. The van der Waals surface area contributed by atoms with Crippen LogP contribution in [0.5, 0.6) is 0 Å². The number of alkyl carbamates (subject to hydrolysis) is 1. The Kier molecular flexibility index (Phi) is 5.66. The van der Waals surface area contributed by atoms with Gasteiger partial charge in [-0.25, -0.2) is 9.59 Å². The molecular formula is C16H20N4O6. The van der Waals surface area contributed by atoms with Gasteiger partial charge in [0.2, 0.25) is 5.96 Å². The Morgan fingerprint density at radius 1 is 1.42 bits per heavy atom. The molecule has 0 aliphatic carbocycles. The summed E-state index contributed by atoms with van der Waals surface area (Å²) < 4.78 is 10.5. The summed E-state index contributed by atoms with van der Waals surface area (Å²) in [6.45, 7) is -0.209. The van der Waals surface area contributed by atoms with E-state index in [4.69, 9.17) is 14.6 Å². The highest BCUT2D eigenvalue weighted by Crippen LogP contribution is 2.24. The van der Waals surface area contributed by atoms with Crippen LogP contribution in [0.1, 0.15) is 12.0 Å². The standard InChI is InChI=1S/C16H20N4O6/c21-7-12-11(22)6-13(26-12)20-9-17-14(18-15(20)23)19-16(24)25-8-10-4-2-1-3-5-10/h1-5,11-13,21-22H,6-9H2,(H2,17,18,19,23,24). The zero-order chi connectivity index (χ0) is 18.5. The van der Waals surface area contributed by atoms with E-state index in [-0.39, 0.29) is 32.3 Å². The molecule has 2 aliphatic rings. The lowest BCUT2D eigenvalue weighted by atomic mass is 10.2. The van der Waals surface area contributed by atoms with E-state index in [0.717, 1.165) is 5.56 Å². The molecule has 2 aliphatic heterocycles. The number of nitrogens with zero attached hydrogens (tertiary/aromatic N) is 2. The Bertz CT molecular complexity index is 683. The van der Waals surface area contributed by atoms with Crippen molar-refractivity contribution in [1.29, 1.82) is 0 Å². The molecule has 3 rings (SSSR count). The van der Waals surface area contributed by atoms with Gasteiger partial charge in [-0.1, -0.05) is 30.3 Å². The van der Waals surface area contributed by atoms with Gasteiger partial charge in [0, 0.05) is 6.42 Å². The summed E-state index contributed by atoms with van der Waals surface area (Å²) >= 11 is 0. The topological polar surface area (TPSA) is 133 Å². The van der Waals surface area contributed by atoms with E-state index in [9.17, 15) is 14.7 Å². The van der Waals surface area contributed by atoms with Crippen LogP contribution < -0.4 is 10.6 Å². The zero-order valence-corrected chi connectivity index (χ0v) is 13.9. The van der Waals surface area contributed by atoms with Crippen LogP contribution in [-0.4, -0.2) is 64.9 Å². The van der Waals surface area contributed by atoms with Gasteiger partial charge in [-0.05, 0) is 5.56 Å². The van der Waals surface area contributed by atoms with Crippen molar-refractivity contribution in [3.05, 3.63) is 35.9 Å². The molecule has 0 radical (unpaired) electrons. The number of hydrogen-bond acceptors (Lipinski definition) is 7. The smallest absolute Gasteiger partial charge is 0.414 e. The highest BCUT2D eigenvalue weighted by molar-refractivity contribution is 6.01. The molecule has 0 bridgehead atoms. The lowest BCUT2D eigenvalue weighted by Gasteiger charge is -2.30. The van der Waals surface area contributed by atoms with Crippen molar-refractivity contribution in [2.45, 2.75) is 31.5 Å². The largest absolute Gasteiger partial charge is 0.444 e. The van der Waals surface area contributed by atoms with Gasteiger partial charge in [-0.3, -0.25) is 10.2 Å². The number of carbonyl (C=O) groups is 2. The van der Waals surface area contributed by atoms with Gasteiger partial charge in [-0.2, -0.15) is 4.99 Å². The van der Waals surface area contributed by atoms with Crippen LogP contribution in [0, 0.1) is 0 Å². The van der Waals surface area contributed by atoms with Gasteiger partial charge < -0.3 is 25.0 Å². The minimum Gasteiger partial charge on any atom is -0.444 e. The van der Waals surface area contributed by atoms with Crippen molar-refractivity contribution in [3.8, 4) is 0 Å². The normalized spacial score (nSPS) is 25.5. The Morgan fingerprint density at radius 3 is 2.85 bits per heavy atom. The van der Waals surface area contributed by atoms with E-state index in [0.29, 0.717) is 0 Å². The molecule has 1 fully saturated rings. The molecule has 3 unspecified atom stereocenters. The van der Waals surface area contributed by atoms with Crippen LogP contribution in [0.2, 0.25) is 0 Å². The first-order valence-corrected chi connectivity index (χ1v) is 8.12. The zero-order valence-electron chi connectivity index (χ0n) is 13.9. The Labute approximate surface area is 149 Å². The quantitative estimate of drug-likeness (QED) is 0.577. The summed E-state index contributed by atoms with van der Waals surface area (Å²) in [7, 11) is 0. The molecule has 1 aromatic carbocycles. The number of rotatable bonds is 4. The number of aliphatic hydroxyl groups is 2. The molecule has 2 heterocycles. The first-order chi connectivity index (χ1) is 12.6. The summed E-state index contributed by atoms with van der Waals surface area (Å²) in [5.74, 6) is -0.0263. The average molecular weight is 364 g/mol. The van der Waals surface area contributed by atoms with Gasteiger partial charge in [0.05, 0.1) is 19.4 Å². The van der Waals surface area contributed by atoms with E-state index in [1.807, 2.05) is 30.3 Å². The minimum atomic E-state index is -0.853. The van der Waals surface area contributed by atoms with Crippen LogP contribution in [0.3, 0.4) is 0 Å². The van der Waals surface area contributed by atoms with Crippen LogP contribution in [0.15, 0.2) is 35.3 Å². The molecule has 1 aromatic rings. The monoisotopic (exact) mass is 364 g/mol. The van der Waals surface area contributed by atoms with Crippen molar-refractivity contribution >= 4 is 18.1 Å². The van der Waals surface area contributed by atoms with E-state index >= 15 is 0 Å². The Balaban J connectivity index is 1.50. The SMILES string of the molecule is O=C(NC1=NC(=O)N(C2CC(O)C(CO)O2)CN1)OCc1ccccc1. The second-order valence-electron chi connectivity index (χ2n) is 5.85. The number of amides is 3. The maximum Gasteiger partial charge on any atom is 0.414 e. The second kappa shape index (κ2) is 8.13. The number of guanidine groups is 1. The van der Waals surface area contributed by atoms with Gasteiger partial charge >= 0.3 is 12.1 Å². The summed E-state index contributed by atoms with van der Waals surface area (Å²) in [5.41, 5.74) is 0.832. The molecule has 26 heavy (non-hydrogen) atoms. The highest BCUT2D eigenvalue weighted by atomic mass is 16.6. The van der Waals surface area contributed by atoms with Crippen LogP contribution in [0.25, 0.3) is 0 Å². The fourth-order valence-corrected chi connectivity index (χ4v) is 2.65. The maximum absolute atomic E-state index is 12.1. The molecule has 4 N–H and O–H groups in total. The summed E-state index contributed by atoms with van der Waals surface area (Å²) in [5, 5.41) is 24.0. The third-order valence-electron chi connectivity index (χ3n) is 4.03. The first kappa shape index (κ1) is 18.1. The average Bonchev–Trinajstić information content (AvgIpc) is 3.01. The predicted octanol–water partition coefficient (Wildman–Crippen LogP) is -0.280. The van der Waals surface area contributed by atoms with Gasteiger partial charge in [0.15, 0.2) is 0 Å². The van der Waals surface area contributed by atoms with Crippen LogP contribution in [-0.2, 0) is 16.1 Å². The van der Waals surface area contributed by atoms with Crippen molar-refractivity contribution < 1.29 is 29.3 Å². The molecule has 0 aromatic heterocycles. The van der Waals surface area contributed by atoms with Crippen molar-refractivity contribution in [3.63, 3.8) is 0 Å². The Hall–Kier alpha value is -2.69. The van der Waals surface area contributed by atoms with Crippen molar-refractivity contribution in [2.75, 3.05) is 13.3 Å². The van der Waals surface area contributed by atoms with Crippen LogP contribution in [0.4, 0.5) is 9.59 Å². The van der Waals surface area contributed by atoms with E-state index in [2.05, 4.69) is 15.6 Å². The van der Waals surface area contributed by atoms with Gasteiger partial charge in [-0.15, -0.1) is 0 Å². The Morgan fingerprint density at radius 2 is 2.19 bits per heavy atom. The predicted molar refractivity (Wildman–Crippen MR) is 88.8 cm³/mol. The summed E-state index contributed by atoms with van der Waals surface area (Å²) in [4.78, 5) is 28.9. The number of aliphatic imine (C=N–C) groups is 1. The number of urea groups is 1. The second-order valence-corrected chi connectivity index (χ2v) is 5.85. The van der Waals surface area contributed by atoms with E-state index in [1.54, 1.807) is 0 Å². The molecule has 3 atom stereocenters.